The van der Waals surface area contributed by atoms with Crippen LogP contribution in [-0.2, 0) is 0 Å². The molecule has 0 aliphatic carbocycles. The monoisotopic (exact) mass is 265 g/mol. The zero-order chi connectivity index (χ0) is 13.9. The predicted molar refractivity (Wildman–Crippen MR) is 77.9 cm³/mol. The summed E-state index contributed by atoms with van der Waals surface area (Å²) in [6.45, 7) is 4.21. The van der Waals surface area contributed by atoms with Crippen LogP contribution in [0.25, 0.3) is 0 Å². The van der Waals surface area contributed by atoms with Gasteiger partial charge in [-0.15, -0.1) is 0 Å². The number of nitrogens with zero attached hydrogens (tertiary/aromatic N) is 1. The van der Waals surface area contributed by atoms with Crippen LogP contribution in [-0.4, -0.2) is 32.8 Å². The van der Waals surface area contributed by atoms with E-state index in [0.717, 1.165) is 37.4 Å². The van der Waals surface area contributed by atoms with Crippen molar-refractivity contribution in [3.8, 4) is 11.5 Å². The summed E-state index contributed by atoms with van der Waals surface area (Å²) in [6.07, 6.45) is 1.86. The van der Waals surface area contributed by atoms with Crippen LogP contribution in [0.1, 0.15) is 19.8 Å². The Kier molecular flexibility index (Phi) is 7.24. The fraction of sp³-hybridized carbons (Fsp3) is 0.500. The van der Waals surface area contributed by atoms with Crippen LogP contribution < -0.4 is 20.5 Å². The summed E-state index contributed by atoms with van der Waals surface area (Å²) in [6, 6.07) is 7.57. The lowest BCUT2D eigenvalue weighted by molar-refractivity contribution is 0.308. The molecule has 0 fully saturated rings. The number of methoxy groups -OCH3 is 1. The molecule has 0 aliphatic heterocycles. The molecule has 3 N–H and O–H groups in total. The summed E-state index contributed by atoms with van der Waals surface area (Å²) in [4.78, 5) is 4.15. The topological polar surface area (TPSA) is 68.9 Å². The van der Waals surface area contributed by atoms with Gasteiger partial charge < -0.3 is 20.5 Å². The highest BCUT2D eigenvalue weighted by Crippen LogP contribution is 2.18. The van der Waals surface area contributed by atoms with Gasteiger partial charge in [0.05, 0.1) is 13.7 Å². The lowest BCUT2D eigenvalue weighted by Gasteiger charge is -2.08. The van der Waals surface area contributed by atoms with Gasteiger partial charge in [0.25, 0.3) is 0 Å². The molecule has 0 amide bonds. The van der Waals surface area contributed by atoms with Gasteiger partial charge in [-0.2, -0.15) is 0 Å². The van der Waals surface area contributed by atoms with Crippen molar-refractivity contribution in [2.24, 2.45) is 10.7 Å². The van der Waals surface area contributed by atoms with Gasteiger partial charge in [0, 0.05) is 19.2 Å². The molecular weight excluding hydrogens is 242 g/mol. The largest absolute Gasteiger partial charge is 0.497 e. The molecule has 19 heavy (non-hydrogen) atoms. The molecule has 1 aromatic carbocycles. The Morgan fingerprint density at radius 1 is 1.37 bits per heavy atom. The summed E-state index contributed by atoms with van der Waals surface area (Å²) in [5.41, 5.74) is 5.67. The van der Waals surface area contributed by atoms with E-state index in [-0.39, 0.29) is 0 Å². The molecule has 0 heterocycles. The third-order valence-corrected chi connectivity index (χ3v) is 2.44. The van der Waals surface area contributed by atoms with E-state index in [1.165, 1.54) is 0 Å². The van der Waals surface area contributed by atoms with E-state index >= 15 is 0 Å². The van der Waals surface area contributed by atoms with Gasteiger partial charge in [-0.1, -0.05) is 13.0 Å². The van der Waals surface area contributed by atoms with Crippen molar-refractivity contribution >= 4 is 5.96 Å². The van der Waals surface area contributed by atoms with Crippen molar-refractivity contribution in [1.82, 2.24) is 5.32 Å². The summed E-state index contributed by atoms with van der Waals surface area (Å²) in [5, 5.41) is 3.05. The first kappa shape index (κ1) is 15.1. The van der Waals surface area contributed by atoms with E-state index in [1.54, 1.807) is 7.11 Å². The van der Waals surface area contributed by atoms with Crippen LogP contribution in [0.2, 0.25) is 0 Å². The maximum atomic E-state index is 5.67. The highest BCUT2D eigenvalue weighted by atomic mass is 16.5. The number of hydrogen-bond acceptors (Lipinski definition) is 3. The second-order valence-electron chi connectivity index (χ2n) is 4.07. The minimum atomic E-state index is 0.503. The fourth-order valence-electron chi connectivity index (χ4n) is 1.46. The molecule has 0 bridgehead atoms. The fourth-order valence-corrected chi connectivity index (χ4v) is 1.46. The van der Waals surface area contributed by atoms with E-state index in [1.807, 2.05) is 24.3 Å². The third-order valence-electron chi connectivity index (χ3n) is 2.44. The van der Waals surface area contributed by atoms with Gasteiger partial charge in [-0.05, 0) is 25.0 Å². The maximum absolute atomic E-state index is 5.67. The summed E-state index contributed by atoms with van der Waals surface area (Å²) >= 11 is 0. The second kappa shape index (κ2) is 9.08. The van der Waals surface area contributed by atoms with Crippen LogP contribution in [0, 0.1) is 0 Å². The molecule has 106 valence electrons. The first-order valence-electron chi connectivity index (χ1n) is 6.57. The quantitative estimate of drug-likeness (QED) is 0.427. The van der Waals surface area contributed by atoms with Gasteiger partial charge in [-0.25, -0.2) is 0 Å². The standard InChI is InChI=1S/C14H23N3O2/c1-3-8-16-14(15)17-9-5-10-19-13-7-4-6-12(11-13)18-2/h4,6-7,11H,3,5,8-10H2,1-2H3,(H3,15,16,17). The number of ether oxygens (including phenoxy) is 2. The van der Waals surface area contributed by atoms with E-state index < -0.39 is 0 Å². The number of nitrogens with two attached hydrogens (primary N) is 1. The van der Waals surface area contributed by atoms with Crippen LogP contribution in [0.3, 0.4) is 0 Å². The van der Waals surface area contributed by atoms with Crippen molar-refractivity contribution in [3.05, 3.63) is 24.3 Å². The van der Waals surface area contributed by atoms with Crippen LogP contribution in [0.5, 0.6) is 11.5 Å². The number of nitrogens with one attached hydrogen (secondary N) is 1. The normalized spacial score (nSPS) is 11.2. The Hall–Kier alpha value is -1.91. The van der Waals surface area contributed by atoms with Crippen LogP contribution >= 0.6 is 0 Å². The number of aliphatic imine (C=N–C) groups is 1. The van der Waals surface area contributed by atoms with E-state index in [4.69, 9.17) is 15.2 Å². The van der Waals surface area contributed by atoms with Crippen molar-refractivity contribution in [2.75, 3.05) is 26.8 Å². The molecule has 0 aliphatic rings. The summed E-state index contributed by atoms with van der Waals surface area (Å²) in [5.74, 6) is 2.11. The van der Waals surface area contributed by atoms with Crippen molar-refractivity contribution in [1.29, 1.82) is 0 Å². The average Bonchev–Trinajstić information content (AvgIpc) is 2.45. The minimum absolute atomic E-state index is 0.503. The van der Waals surface area contributed by atoms with Crippen LogP contribution in [0.4, 0.5) is 0 Å². The number of hydrogen-bond donors (Lipinski definition) is 2. The highest BCUT2D eigenvalue weighted by Gasteiger charge is 1.97. The zero-order valence-corrected chi connectivity index (χ0v) is 11.7. The average molecular weight is 265 g/mol. The number of guanidine groups is 1. The molecule has 0 spiro atoms. The maximum Gasteiger partial charge on any atom is 0.188 e. The minimum Gasteiger partial charge on any atom is -0.497 e. The SMILES string of the molecule is CCCN=C(N)NCCCOc1cccc(OC)c1. The van der Waals surface area contributed by atoms with E-state index in [9.17, 15) is 0 Å². The number of benzene rings is 1. The van der Waals surface area contributed by atoms with E-state index in [0.29, 0.717) is 12.6 Å². The van der Waals surface area contributed by atoms with Gasteiger partial charge in [0.1, 0.15) is 11.5 Å². The Morgan fingerprint density at radius 2 is 2.16 bits per heavy atom. The second-order valence-corrected chi connectivity index (χ2v) is 4.07. The number of rotatable bonds is 8. The van der Waals surface area contributed by atoms with Crippen molar-refractivity contribution < 1.29 is 9.47 Å². The third kappa shape index (κ3) is 6.55. The Balaban J connectivity index is 2.16. The molecule has 0 saturated carbocycles. The molecular formula is C14H23N3O2. The molecule has 0 aromatic heterocycles. The molecule has 5 heteroatoms. The van der Waals surface area contributed by atoms with Crippen molar-refractivity contribution in [2.45, 2.75) is 19.8 Å². The molecule has 1 aromatic rings. The lowest BCUT2D eigenvalue weighted by Crippen LogP contribution is -2.33. The lowest BCUT2D eigenvalue weighted by atomic mass is 10.3. The van der Waals surface area contributed by atoms with Crippen LogP contribution in [0.15, 0.2) is 29.3 Å². The van der Waals surface area contributed by atoms with Crippen molar-refractivity contribution in [3.63, 3.8) is 0 Å². The smallest absolute Gasteiger partial charge is 0.188 e. The molecule has 0 unspecified atom stereocenters. The Bertz CT molecular complexity index is 394. The first-order chi connectivity index (χ1) is 9.26. The first-order valence-corrected chi connectivity index (χ1v) is 6.57. The Labute approximate surface area is 114 Å². The van der Waals surface area contributed by atoms with Gasteiger partial charge in [0.2, 0.25) is 0 Å². The molecule has 0 saturated heterocycles. The van der Waals surface area contributed by atoms with Gasteiger partial charge >= 0.3 is 0 Å². The molecule has 0 radical (unpaired) electrons. The molecule has 5 nitrogen and oxygen atoms in total. The molecule has 0 atom stereocenters. The predicted octanol–water partition coefficient (Wildman–Crippen LogP) is 1.78. The van der Waals surface area contributed by atoms with Gasteiger partial charge in [-0.3, -0.25) is 4.99 Å². The van der Waals surface area contributed by atoms with E-state index in [2.05, 4.69) is 17.2 Å². The summed E-state index contributed by atoms with van der Waals surface area (Å²) in [7, 11) is 1.64. The Morgan fingerprint density at radius 3 is 2.89 bits per heavy atom. The highest BCUT2D eigenvalue weighted by molar-refractivity contribution is 5.77. The summed E-state index contributed by atoms with van der Waals surface area (Å²) < 4.78 is 10.7. The van der Waals surface area contributed by atoms with Gasteiger partial charge in [0.15, 0.2) is 5.96 Å². The zero-order valence-electron chi connectivity index (χ0n) is 11.7. The molecule has 1 rings (SSSR count).